The van der Waals surface area contributed by atoms with Gasteiger partial charge in [0.2, 0.25) is 11.8 Å². The Bertz CT molecular complexity index is 914. The number of imide groups is 1. The molecule has 4 rings (SSSR count). The van der Waals surface area contributed by atoms with Crippen molar-refractivity contribution in [2.24, 2.45) is 0 Å². The fraction of sp³-hybridized carbons (Fsp3) is 0.211. The van der Waals surface area contributed by atoms with Crippen LogP contribution in [0.4, 0.5) is 0 Å². The summed E-state index contributed by atoms with van der Waals surface area (Å²) in [4.78, 5) is 40.0. The summed E-state index contributed by atoms with van der Waals surface area (Å²) in [5, 5.41) is 2.33. The van der Waals surface area contributed by atoms with Crippen LogP contribution < -0.4 is 5.32 Å². The van der Waals surface area contributed by atoms with E-state index >= 15 is 0 Å². The molecule has 3 amide bonds. The monoisotopic (exact) mass is 430 g/mol. The Morgan fingerprint density at radius 3 is 2.58 bits per heavy atom. The molecule has 0 aliphatic carbocycles. The Hall–Kier alpha value is -2.12. The molecule has 1 unspecified atom stereocenters. The Morgan fingerprint density at radius 2 is 1.85 bits per heavy atom. The lowest BCUT2D eigenvalue weighted by Gasteiger charge is -2.29. The minimum absolute atomic E-state index is 0.146. The van der Waals surface area contributed by atoms with Crippen LogP contribution in [0.15, 0.2) is 56.7 Å². The molecule has 1 saturated heterocycles. The zero-order valence-electron chi connectivity index (χ0n) is 13.7. The Morgan fingerprint density at radius 1 is 1.08 bits per heavy atom. The molecule has 0 aromatic heterocycles. The molecule has 1 N–H and O–H groups in total. The molecular formula is C19H15BrN2O3S. The SMILES string of the molecule is O=C1CCC(N2Cc3c(Sc4ccc(Br)cc4)cccc3C2=O)C(=O)N1. The number of piperidine rings is 1. The topological polar surface area (TPSA) is 66.5 Å². The fourth-order valence-electron chi connectivity index (χ4n) is 3.28. The summed E-state index contributed by atoms with van der Waals surface area (Å²) in [6.45, 7) is 0.389. The summed E-state index contributed by atoms with van der Waals surface area (Å²) in [6, 6.07) is 13.1. The number of nitrogens with one attached hydrogen (secondary N) is 1. The van der Waals surface area contributed by atoms with E-state index in [1.54, 1.807) is 22.7 Å². The largest absolute Gasteiger partial charge is 0.322 e. The van der Waals surface area contributed by atoms with Crippen molar-refractivity contribution in [3.63, 3.8) is 0 Å². The maximum atomic E-state index is 12.8. The summed E-state index contributed by atoms with van der Waals surface area (Å²) < 4.78 is 1.01. The Labute approximate surface area is 163 Å². The van der Waals surface area contributed by atoms with E-state index in [9.17, 15) is 14.4 Å². The fourth-order valence-corrected chi connectivity index (χ4v) is 4.52. The molecular weight excluding hydrogens is 416 g/mol. The highest BCUT2D eigenvalue weighted by molar-refractivity contribution is 9.10. The first-order valence-electron chi connectivity index (χ1n) is 8.23. The van der Waals surface area contributed by atoms with Crippen molar-refractivity contribution in [3.8, 4) is 0 Å². The van der Waals surface area contributed by atoms with Crippen LogP contribution in [-0.4, -0.2) is 28.7 Å². The van der Waals surface area contributed by atoms with Crippen molar-refractivity contribution in [2.45, 2.75) is 35.2 Å². The number of nitrogens with zero attached hydrogens (tertiary/aromatic N) is 1. The summed E-state index contributed by atoms with van der Waals surface area (Å²) in [7, 11) is 0. The van der Waals surface area contributed by atoms with E-state index in [-0.39, 0.29) is 24.1 Å². The molecule has 2 aromatic rings. The molecule has 1 atom stereocenters. The molecule has 7 heteroatoms. The number of amides is 3. The van der Waals surface area contributed by atoms with E-state index in [0.717, 1.165) is 19.8 Å². The van der Waals surface area contributed by atoms with Gasteiger partial charge in [0.25, 0.3) is 5.91 Å². The van der Waals surface area contributed by atoms with E-state index in [1.165, 1.54) is 0 Å². The molecule has 26 heavy (non-hydrogen) atoms. The highest BCUT2D eigenvalue weighted by Gasteiger charge is 2.39. The number of carbonyl (C=O) groups excluding carboxylic acids is 3. The second kappa shape index (κ2) is 6.89. The Kier molecular flexibility index (Phi) is 4.58. The summed E-state index contributed by atoms with van der Waals surface area (Å²) in [6.07, 6.45) is 0.636. The van der Waals surface area contributed by atoms with Crippen molar-refractivity contribution >= 4 is 45.4 Å². The van der Waals surface area contributed by atoms with Gasteiger partial charge in [0.15, 0.2) is 0 Å². The first-order chi connectivity index (χ1) is 12.5. The van der Waals surface area contributed by atoms with Crippen molar-refractivity contribution in [2.75, 3.05) is 0 Å². The molecule has 0 saturated carbocycles. The van der Waals surface area contributed by atoms with Crippen molar-refractivity contribution in [3.05, 3.63) is 58.1 Å². The van der Waals surface area contributed by atoms with Crippen LogP contribution in [0.25, 0.3) is 0 Å². The first kappa shape index (κ1) is 17.3. The smallest absolute Gasteiger partial charge is 0.255 e. The van der Waals surface area contributed by atoms with Crippen molar-refractivity contribution in [1.82, 2.24) is 10.2 Å². The van der Waals surface area contributed by atoms with E-state index < -0.39 is 6.04 Å². The van der Waals surface area contributed by atoms with E-state index in [2.05, 4.69) is 21.2 Å². The highest BCUT2D eigenvalue weighted by atomic mass is 79.9. The van der Waals surface area contributed by atoms with Crippen LogP contribution in [0, 0.1) is 0 Å². The van der Waals surface area contributed by atoms with Gasteiger partial charge in [0.05, 0.1) is 0 Å². The third-order valence-corrected chi connectivity index (χ3v) is 6.22. The minimum Gasteiger partial charge on any atom is -0.322 e. The van der Waals surface area contributed by atoms with Gasteiger partial charge in [0, 0.05) is 32.8 Å². The van der Waals surface area contributed by atoms with Crippen LogP contribution in [0.2, 0.25) is 0 Å². The van der Waals surface area contributed by atoms with E-state index in [1.807, 2.05) is 36.4 Å². The lowest BCUT2D eigenvalue weighted by molar-refractivity contribution is -0.136. The number of fused-ring (bicyclic) bond motifs is 1. The Balaban J connectivity index is 1.61. The van der Waals surface area contributed by atoms with Gasteiger partial charge < -0.3 is 4.90 Å². The lowest BCUT2D eigenvalue weighted by Crippen LogP contribution is -2.52. The number of halogens is 1. The number of hydrogen-bond donors (Lipinski definition) is 1. The predicted molar refractivity (Wildman–Crippen MR) is 101 cm³/mol. The van der Waals surface area contributed by atoms with E-state index in [4.69, 9.17) is 0 Å². The predicted octanol–water partition coefficient (Wildman–Crippen LogP) is 3.36. The molecule has 2 aromatic carbocycles. The average molecular weight is 431 g/mol. The number of carbonyl (C=O) groups is 3. The van der Waals surface area contributed by atoms with Crippen molar-refractivity contribution < 1.29 is 14.4 Å². The zero-order chi connectivity index (χ0) is 18.3. The molecule has 132 valence electrons. The van der Waals surface area contributed by atoms with Gasteiger partial charge in [-0.15, -0.1) is 0 Å². The van der Waals surface area contributed by atoms with Crippen molar-refractivity contribution in [1.29, 1.82) is 0 Å². The maximum Gasteiger partial charge on any atom is 0.255 e. The summed E-state index contributed by atoms with van der Waals surface area (Å²) in [5.74, 6) is -0.806. The van der Waals surface area contributed by atoms with Gasteiger partial charge in [-0.25, -0.2) is 0 Å². The minimum atomic E-state index is -0.585. The standard InChI is InChI=1S/C19H15BrN2O3S/c20-11-4-6-12(7-5-11)26-16-3-1-2-13-14(16)10-22(19(13)25)15-8-9-17(23)21-18(15)24/h1-7,15H,8-10H2,(H,21,23,24). The van der Waals surface area contributed by atoms with Gasteiger partial charge in [-0.05, 0) is 48.4 Å². The second-order valence-corrected chi connectivity index (χ2v) is 8.27. The van der Waals surface area contributed by atoms with Gasteiger partial charge in [0.1, 0.15) is 6.04 Å². The molecule has 0 bridgehead atoms. The lowest BCUT2D eigenvalue weighted by atomic mass is 10.0. The number of hydrogen-bond acceptors (Lipinski definition) is 4. The third-order valence-electron chi connectivity index (χ3n) is 4.58. The molecule has 2 heterocycles. The average Bonchev–Trinajstić information content (AvgIpc) is 2.95. The van der Waals surface area contributed by atoms with Gasteiger partial charge in [-0.2, -0.15) is 0 Å². The van der Waals surface area contributed by atoms with Crippen LogP contribution >= 0.6 is 27.7 Å². The molecule has 2 aliphatic heterocycles. The highest BCUT2D eigenvalue weighted by Crippen LogP contribution is 2.37. The number of rotatable bonds is 3. The maximum absolute atomic E-state index is 12.8. The second-order valence-electron chi connectivity index (χ2n) is 6.24. The van der Waals surface area contributed by atoms with Crippen LogP contribution in [0.3, 0.4) is 0 Å². The molecule has 1 fully saturated rings. The molecule has 0 spiro atoms. The van der Waals surface area contributed by atoms with Crippen LogP contribution in [0.1, 0.15) is 28.8 Å². The third kappa shape index (κ3) is 3.17. The van der Waals surface area contributed by atoms with Crippen LogP contribution in [0.5, 0.6) is 0 Å². The summed E-state index contributed by atoms with van der Waals surface area (Å²) >= 11 is 5.03. The molecule has 2 aliphatic rings. The first-order valence-corrected chi connectivity index (χ1v) is 9.84. The van der Waals surface area contributed by atoms with Gasteiger partial charge >= 0.3 is 0 Å². The van der Waals surface area contributed by atoms with E-state index in [0.29, 0.717) is 18.5 Å². The van der Waals surface area contributed by atoms with Crippen LogP contribution in [-0.2, 0) is 16.1 Å². The summed E-state index contributed by atoms with van der Waals surface area (Å²) in [5.41, 5.74) is 1.58. The van der Waals surface area contributed by atoms with Gasteiger partial charge in [-0.3, -0.25) is 19.7 Å². The zero-order valence-corrected chi connectivity index (χ0v) is 16.1. The quantitative estimate of drug-likeness (QED) is 0.758. The number of benzene rings is 2. The molecule has 5 nitrogen and oxygen atoms in total. The van der Waals surface area contributed by atoms with Gasteiger partial charge in [-0.1, -0.05) is 33.8 Å². The normalized spacial score (nSPS) is 19.5. The molecule has 0 radical (unpaired) electrons.